The molecule has 1 fully saturated rings. The topological polar surface area (TPSA) is 45.8 Å². The lowest BCUT2D eigenvalue weighted by molar-refractivity contribution is 0.220. The first kappa shape index (κ1) is 13.8. The summed E-state index contributed by atoms with van der Waals surface area (Å²) in [6.45, 7) is 4.69. The van der Waals surface area contributed by atoms with E-state index >= 15 is 0 Å². The second kappa shape index (κ2) is 5.34. The fourth-order valence-electron chi connectivity index (χ4n) is 3.67. The number of aromatic nitrogens is 2. The third kappa shape index (κ3) is 2.82. The van der Waals surface area contributed by atoms with Gasteiger partial charge >= 0.3 is 0 Å². The van der Waals surface area contributed by atoms with Gasteiger partial charge in [0.15, 0.2) is 0 Å². The summed E-state index contributed by atoms with van der Waals surface area (Å²) in [5, 5.41) is 0. The maximum absolute atomic E-state index is 12.3. The normalized spacial score (nSPS) is 23.1. The van der Waals surface area contributed by atoms with E-state index in [9.17, 15) is 4.79 Å². The smallest absolute Gasteiger partial charge is 0.254 e. The first-order valence-corrected chi connectivity index (χ1v) is 8.17. The standard InChI is InChI=1S/C17H26N2O/c1-17(2)10-8-12(9-11-17)15-18-14-7-5-3-4-6-13(14)16(20)19-15/h12H,3-11H2,1-2H3,(H,18,19,20). The van der Waals surface area contributed by atoms with Crippen molar-refractivity contribution in [1.82, 2.24) is 9.97 Å². The molecule has 0 atom stereocenters. The summed E-state index contributed by atoms with van der Waals surface area (Å²) in [5.74, 6) is 1.43. The molecule has 1 aromatic rings. The zero-order valence-corrected chi connectivity index (χ0v) is 12.8. The Labute approximate surface area is 121 Å². The lowest BCUT2D eigenvalue weighted by Gasteiger charge is -2.33. The molecule has 0 aromatic carbocycles. The molecule has 2 aliphatic carbocycles. The molecule has 0 bridgehead atoms. The van der Waals surface area contributed by atoms with Crippen molar-refractivity contribution in [2.45, 2.75) is 77.6 Å². The van der Waals surface area contributed by atoms with Crippen LogP contribution in [0.4, 0.5) is 0 Å². The first-order valence-electron chi connectivity index (χ1n) is 8.17. The lowest BCUT2D eigenvalue weighted by atomic mass is 9.73. The minimum atomic E-state index is 0.136. The highest BCUT2D eigenvalue weighted by Gasteiger charge is 2.29. The van der Waals surface area contributed by atoms with E-state index in [1.807, 2.05) is 0 Å². The third-order valence-electron chi connectivity index (χ3n) is 5.19. The van der Waals surface area contributed by atoms with Crippen LogP contribution < -0.4 is 5.56 Å². The highest BCUT2D eigenvalue weighted by atomic mass is 16.1. The van der Waals surface area contributed by atoms with Crippen molar-refractivity contribution in [3.63, 3.8) is 0 Å². The van der Waals surface area contributed by atoms with Crippen molar-refractivity contribution in [1.29, 1.82) is 0 Å². The van der Waals surface area contributed by atoms with Gasteiger partial charge in [-0.3, -0.25) is 4.79 Å². The molecule has 110 valence electrons. The molecule has 1 aromatic heterocycles. The SMILES string of the molecule is CC1(C)CCC(c2nc3c(c(=O)[nH]2)CCCCC3)CC1. The van der Waals surface area contributed by atoms with Crippen LogP contribution in [0.3, 0.4) is 0 Å². The fraction of sp³-hybridized carbons (Fsp3) is 0.765. The Bertz CT molecular complexity index is 534. The maximum atomic E-state index is 12.3. The predicted molar refractivity (Wildman–Crippen MR) is 81.1 cm³/mol. The number of fused-ring (bicyclic) bond motifs is 1. The number of hydrogen-bond donors (Lipinski definition) is 1. The van der Waals surface area contributed by atoms with E-state index in [1.165, 1.54) is 25.7 Å². The Hall–Kier alpha value is -1.12. The number of aryl methyl sites for hydroxylation is 1. The van der Waals surface area contributed by atoms with E-state index in [0.29, 0.717) is 11.3 Å². The molecule has 1 N–H and O–H groups in total. The van der Waals surface area contributed by atoms with Gasteiger partial charge in [0.05, 0.1) is 5.69 Å². The first-order chi connectivity index (χ1) is 9.55. The van der Waals surface area contributed by atoms with Crippen LogP contribution in [0.25, 0.3) is 0 Å². The van der Waals surface area contributed by atoms with Gasteiger partial charge in [0, 0.05) is 11.5 Å². The molecule has 0 saturated heterocycles. The van der Waals surface area contributed by atoms with E-state index in [-0.39, 0.29) is 5.56 Å². The van der Waals surface area contributed by atoms with Crippen LogP contribution in [0.15, 0.2) is 4.79 Å². The van der Waals surface area contributed by atoms with Crippen LogP contribution in [-0.4, -0.2) is 9.97 Å². The molecule has 20 heavy (non-hydrogen) atoms. The number of hydrogen-bond acceptors (Lipinski definition) is 2. The molecule has 3 nitrogen and oxygen atoms in total. The number of rotatable bonds is 1. The molecular weight excluding hydrogens is 248 g/mol. The van der Waals surface area contributed by atoms with Crippen LogP contribution in [-0.2, 0) is 12.8 Å². The maximum Gasteiger partial charge on any atom is 0.254 e. The van der Waals surface area contributed by atoms with Gasteiger partial charge in [-0.15, -0.1) is 0 Å². The predicted octanol–water partition coefficient (Wildman–Crippen LogP) is 3.72. The van der Waals surface area contributed by atoms with Crippen molar-refractivity contribution >= 4 is 0 Å². The Morgan fingerprint density at radius 1 is 1.10 bits per heavy atom. The minimum Gasteiger partial charge on any atom is -0.310 e. The molecule has 1 saturated carbocycles. The van der Waals surface area contributed by atoms with Gasteiger partial charge in [0.1, 0.15) is 5.82 Å². The quantitative estimate of drug-likeness (QED) is 0.793. The van der Waals surface area contributed by atoms with Crippen molar-refractivity contribution in [3.8, 4) is 0 Å². The molecular formula is C17H26N2O. The number of H-pyrrole nitrogens is 1. The molecule has 3 heteroatoms. The fourth-order valence-corrected chi connectivity index (χ4v) is 3.67. The average Bonchev–Trinajstić information content (AvgIpc) is 2.64. The van der Waals surface area contributed by atoms with Crippen LogP contribution in [0.1, 0.15) is 81.8 Å². The number of nitrogens with zero attached hydrogens (tertiary/aromatic N) is 1. The highest BCUT2D eigenvalue weighted by molar-refractivity contribution is 5.21. The summed E-state index contributed by atoms with van der Waals surface area (Å²) in [6, 6.07) is 0. The van der Waals surface area contributed by atoms with Crippen LogP contribution in [0.2, 0.25) is 0 Å². The lowest BCUT2D eigenvalue weighted by Crippen LogP contribution is -2.25. The molecule has 3 rings (SSSR count). The summed E-state index contributed by atoms with van der Waals surface area (Å²) >= 11 is 0. The summed E-state index contributed by atoms with van der Waals surface area (Å²) in [6.07, 6.45) is 10.2. The van der Waals surface area contributed by atoms with E-state index < -0.39 is 0 Å². The highest BCUT2D eigenvalue weighted by Crippen LogP contribution is 2.41. The Kier molecular flexibility index (Phi) is 3.70. The summed E-state index contributed by atoms with van der Waals surface area (Å²) in [7, 11) is 0. The van der Waals surface area contributed by atoms with Gasteiger partial charge in [0.2, 0.25) is 0 Å². The number of nitrogens with one attached hydrogen (secondary N) is 1. The molecule has 0 spiro atoms. The Balaban J connectivity index is 1.86. The monoisotopic (exact) mass is 274 g/mol. The molecule has 0 amide bonds. The van der Waals surface area contributed by atoms with Gasteiger partial charge in [-0.1, -0.05) is 20.3 Å². The van der Waals surface area contributed by atoms with E-state index in [1.54, 1.807) is 0 Å². The van der Waals surface area contributed by atoms with E-state index in [4.69, 9.17) is 4.98 Å². The zero-order valence-electron chi connectivity index (χ0n) is 12.8. The van der Waals surface area contributed by atoms with Crippen molar-refractivity contribution < 1.29 is 0 Å². The molecule has 0 unspecified atom stereocenters. The minimum absolute atomic E-state index is 0.136. The van der Waals surface area contributed by atoms with Crippen LogP contribution in [0, 0.1) is 5.41 Å². The van der Waals surface area contributed by atoms with Crippen molar-refractivity contribution in [2.75, 3.05) is 0 Å². The zero-order chi connectivity index (χ0) is 14.2. The number of aromatic amines is 1. The van der Waals surface area contributed by atoms with E-state index in [2.05, 4.69) is 18.8 Å². The van der Waals surface area contributed by atoms with Gasteiger partial charge in [-0.05, 0) is 56.8 Å². The van der Waals surface area contributed by atoms with Crippen LogP contribution in [0.5, 0.6) is 0 Å². The van der Waals surface area contributed by atoms with Gasteiger partial charge < -0.3 is 4.98 Å². The van der Waals surface area contributed by atoms with Crippen molar-refractivity contribution in [2.24, 2.45) is 5.41 Å². The molecule has 0 aliphatic heterocycles. The Morgan fingerprint density at radius 3 is 2.55 bits per heavy atom. The van der Waals surface area contributed by atoms with Gasteiger partial charge in [-0.25, -0.2) is 4.98 Å². The average molecular weight is 274 g/mol. The van der Waals surface area contributed by atoms with Gasteiger partial charge in [0.25, 0.3) is 5.56 Å². The van der Waals surface area contributed by atoms with Gasteiger partial charge in [-0.2, -0.15) is 0 Å². The largest absolute Gasteiger partial charge is 0.310 e. The Morgan fingerprint density at radius 2 is 1.80 bits per heavy atom. The second-order valence-electron chi connectivity index (χ2n) is 7.38. The molecule has 1 heterocycles. The second-order valence-corrected chi connectivity index (χ2v) is 7.38. The van der Waals surface area contributed by atoms with E-state index in [0.717, 1.165) is 49.2 Å². The summed E-state index contributed by atoms with van der Waals surface area (Å²) < 4.78 is 0. The third-order valence-corrected chi connectivity index (χ3v) is 5.19. The summed E-state index contributed by atoms with van der Waals surface area (Å²) in [5.41, 5.74) is 2.65. The molecule has 0 radical (unpaired) electrons. The molecule has 2 aliphatic rings. The van der Waals surface area contributed by atoms with Crippen LogP contribution >= 0.6 is 0 Å². The summed E-state index contributed by atoms with van der Waals surface area (Å²) in [4.78, 5) is 20.3. The van der Waals surface area contributed by atoms with Crippen molar-refractivity contribution in [3.05, 3.63) is 27.4 Å².